The first-order valence-electron chi connectivity index (χ1n) is 7.92. The van der Waals surface area contributed by atoms with Crippen LogP contribution in [0, 0.1) is 0 Å². The van der Waals surface area contributed by atoms with E-state index in [1.54, 1.807) is 11.3 Å². The van der Waals surface area contributed by atoms with Gasteiger partial charge in [0, 0.05) is 24.3 Å². The number of thiophene rings is 1. The quantitative estimate of drug-likeness (QED) is 0.705. The van der Waals surface area contributed by atoms with Gasteiger partial charge < -0.3 is 4.90 Å². The molecule has 3 nitrogen and oxygen atoms in total. The Balaban J connectivity index is 1.44. The van der Waals surface area contributed by atoms with E-state index in [-0.39, 0.29) is 11.9 Å². The van der Waals surface area contributed by atoms with Crippen molar-refractivity contribution in [2.75, 3.05) is 6.54 Å². The van der Waals surface area contributed by atoms with Crippen LogP contribution in [0.3, 0.4) is 0 Å². The molecule has 0 aliphatic carbocycles. The Hall–Kier alpha value is -1.72. The Labute approximate surface area is 143 Å². The fourth-order valence-electron chi connectivity index (χ4n) is 3.23. The lowest BCUT2D eigenvalue weighted by Gasteiger charge is -2.33. The molecule has 0 fully saturated rings. The minimum Gasteiger partial charge on any atom is -0.336 e. The lowest BCUT2D eigenvalue weighted by atomic mass is 10.0. The van der Waals surface area contributed by atoms with Gasteiger partial charge in [0.05, 0.1) is 21.3 Å². The van der Waals surface area contributed by atoms with E-state index in [2.05, 4.69) is 29.4 Å². The highest BCUT2D eigenvalue weighted by Crippen LogP contribution is 2.33. The van der Waals surface area contributed by atoms with Crippen LogP contribution in [0.5, 0.6) is 0 Å². The molecule has 0 bridgehead atoms. The molecule has 1 aliphatic rings. The molecule has 0 spiro atoms. The van der Waals surface area contributed by atoms with Crippen molar-refractivity contribution in [1.29, 1.82) is 0 Å². The predicted molar refractivity (Wildman–Crippen MR) is 96.1 cm³/mol. The molecule has 1 amide bonds. The monoisotopic (exact) mass is 342 g/mol. The van der Waals surface area contributed by atoms with Crippen LogP contribution in [0.4, 0.5) is 0 Å². The fourth-order valence-corrected chi connectivity index (χ4v) is 5.16. The van der Waals surface area contributed by atoms with Crippen molar-refractivity contribution < 1.29 is 4.79 Å². The molecule has 1 unspecified atom stereocenters. The Morgan fingerprint density at radius 1 is 1.35 bits per heavy atom. The first kappa shape index (κ1) is 14.8. The summed E-state index contributed by atoms with van der Waals surface area (Å²) in [6.07, 6.45) is 2.27. The molecule has 5 heteroatoms. The number of fused-ring (bicyclic) bond motifs is 2. The van der Waals surface area contributed by atoms with E-state index in [0.29, 0.717) is 6.42 Å². The van der Waals surface area contributed by atoms with Crippen LogP contribution >= 0.6 is 22.7 Å². The van der Waals surface area contributed by atoms with E-state index in [1.165, 1.54) is 15.1 Å². The van der Waals surface area contributed by atoms with Gasteiger partial charge in [-0.15, -0.1) is 22.7 Å². The number of hydrogen-bond acceptors (Lipinski definition) is 4. The molecule has 3 aromatic rings. The van der Waals surface area contributed by atoms with Crippen LogP contribution in [0.2, 0.25) is 0 Å². The lowest BCUT2D eigenvalue weighted by molar-refractivity contribution is -0.133. The first-order chi connectivity index (χ1) is 11.2. The zero-order chi connectivity index (χ0) is 15.8. The van der Waals surface area contributed by atoms with Gasteiger partial charge in [0.1, 0.15) is 0 Å². The highest BCUT2D eigenvalue weighted by atomic mass is 32.1. The lowest BCUT2D eigenvalue weighted by Crippen LogP contribution is -2.38. The van der Waals surface area contributed by atoms with Gasteiger partial charge in [-0.05, 0) is 42.5 Å². The van der Waals surface area contributed by atoms with Gasteiger partial charge >= 0.3 is 0 Å². The van der Waals surface area contributed by atoms with Gasteiger partial charge in [-0.25, -0.2) is 4.98 Å². The molecule has 1 aliphatic heterocycles. The zero-order valence-electron chi connectivity index (χ0n) is 13.0. The maximum Gasteiger partial charge on any atom is 0.223 e. The second-order valence-corrected chi connectivity index (χ2v) is 8.00. The van der Waals surface area contributed by atoms with E-state index in [4.69, 9.17) is 0 Å². The summed E-state index contributed by atoms with van der Waals surface area (Å²) in [6.45, 7) is 2.98. The van der Waals surface area contributed by atoms with Crippen LogP contribution in [0.25, 0.3) is 10.2 Å². The third-order valence-corrected chi connectivity index (χ3v) is 6.58. The summed E-state index contributed by atoms with van der Waals surface area (Å²) >= 11 is 3.51. The minimum absolute atomic E-state index is 0.202. The zero-order valence-corrected chi connectivity index (χ0v) is 14.6. The van der Waals surface area contributed by atoms with Gasteiger partial charge in [0.15, 0.2) is 0 Å². The highest BCUT2D eigenvalue weighted by molar-refractivity contribution is 7.18. The Bertz CT molecular complexity index is 818. The second-order valence-electron chi connectivity index (χ2n) is 5.89. The number of rotatable bonds is 3. The van der Waals surface area contributed by atoms with Crippen LogP contribution in [-0.2, 0) is 17.6 Å². The number of aromatic nitrogens is 1. The van der Waals surface area contributed by atoms with Crippen molar-refractivity contribution in [3.63, 3.8) is 0 Å². The SMILES string of the molecule is CC1c2ccsc2CCN1C(=O)CCc1nc2ccccc2s1. The summed E-state index contributed by atoms with van der Waals surface area (Å²) in [7, 11) is 0. The molecule has 1 aromatic carbocycles. The smallest absolute Gasteiger partial charge is 0.223 e. The summed E-state index contributed by atoms with van der Waals surface area (Å²) in [6, 6.07) is 10.5. The average molecular weight is 342 g/mol. The summed E-state index contributed by atoms with van der Waals surface area (Å²) in [5, 5.41) is 3.19. The topological polar surface area (TPSA) is 33.2 Å². The van der Waals surface area contributed by atoms with Crippen LogP contribution in [0.1, 0.15) is 34.8 Å². The van der Waals surface area contributed by atoms with Crippen LogP contribution in [0.15, 0.2) is 35.7 Å². The average Bonchev–Trinajstić information content (AvgIpc) is 3.19. The van der Waals surface area contributed by atoms with Gasteiger partial charge in [0.2, 0.25) is 5.91 Å². The van der Waals surface area contributed by atoms with Gasteiger partial charge in [0.25, 0.3) is 0 Å². The molecule has 118 valence electrons. The summed E-state index contributed by atoms with van der Waals surface area (Å²) in [4.78, 5) is 20.7. The van der Waals surface area contributed by atoms with Gasteiger partial charge in [-0.2, -0.15) is 0 Å². The Morgan fingerprint density at radius 2 is 2.22 bits per heavy atom. The van der Waals surface area contributed by atoms with E-state index in [9.17, 15) is 4.79 Å². The molecular weight excluding hydrogens is 324 g/mol. The maximum atomic E-state index is 12.6. The largest absolute Gasteiger partial charge is 0.336 e. The van der Waals surface area contributed by atoms with E-state index >= 15 is 0 Å². The number of nitrogens with zero attached hydrogens (tertiary/aromatic N) is 2. The second kappa shape index (κ2) is 6.06. The third-order valence-electron chi connectivity index (χ3n) is 4.49. The number of thiazole rings is 1. The predicted octanol–water partition coefficient (Wildman–Crippen LogP) is 4.44. The fraction of sp³-hybridized carbons (Fsp3) is 0.333. The van der Waals surface area contributed by atoms with Crippen molar-refractivity contribution in [3.05, 3.63) is 51.2 Å². The summed E-state index contributed by atoms with van der Waals surface area (Å²) in [5.74, 6) is 0.244. The van der Waals surface area contributed by atoms with Crippen molar-refractivity contribution >= 4 is 38.8 Å². The van der Waals surface area contributed by atoms with E-state index in [1.807, 2.05) is 34.4 Å². The first-order valence-corrected chi connectivity index (χ1v) is 9.62. The number of hydrogen-bond donors (Lipinski definition) is 0. The Morgan fingerprint density at radius 3 is 3.09 bits per heavy atom. The van der Waals surface area contributed by atoms with Gasteiger partial charge in [-0.1, -0.05) is 12.1 Å². The van der Waals surface area contributed by atoms with Crippen LogP contribution < -0.4 is 0 Å². The minimum atomic E-state index is 0.202. The molecule has 0 saturated heterocycles. The Kier molecular flexibility index (Phi) is 3.91. The standard InChI is InChI=1S/C18H18N2OS2/c1-12-13-9-11-22-15(13)8-10-20(12)18(21)7-6-17-19-14-4-2-3-5-16(14)23-17/h2-5,9,11-12H,6-8,10H2,1H3. The highest BCUT2D eigenvalue weighted by Gasteiger charge is 2.28. The number of aryl methyl sites for hydroxylation is 1. The molecule has 2 aromatic heterocycles. The summed E-state index contributed by atoms with van der Waals surface area (Å²) in [5.41, 5.74) is 2.36. The van der Waals surface area contributed by atoms with Crippen LogP contribution in [-0.4, -0.2) is 22.3 Å². The van der Waals surface area contributed by atoms with E-state index < -0.39 is 0 Å². The number of carbonyl (C=O) groups is 1. The van der Waals surface area contributed by atoms with Crippen molar-refractivity contribution in [2.24, 2.45) is 0 Å². The summed E-state index contributed by atoms with van der Waals surface area (Å²) < 4.78 is 1.20. The molecule has 0 radical (unpaired) electrons. The van der Waals surface area contributed by atoms with Gasteiger partial charge in [-0.3, -0.25) is 4.79 Å². The number of benzene rings is 1. The molecule has 3 heterocycles. The number of carbonyl (C=O) groups excluding carboxylic acids is 1. The van der Waals surface area contributed by atoms with E-state index in [0.717, 1.165) is 29.9 Å². The van der Waals surface area contributed by atoms with Crippen molar-refractivity contribution in [2.45, 2.75) is 32.2 Å². The molecule has 1 atom stereocenters. The normalized spacial score (nSPS) is 17.4. The molecular formula is C18H18N2OS2. The van der Waals surface area contributed by atoms with Crippen molar-refractivity contribution in [3.8, 4) is 0 Å². The molecule has 0 N–H and O–H groups in total. The molecule has 23 heavy (non-hydrogen) atoms. The third kappa shape index (κ3) is 2.79. The molecule has 4 rings (SSSR count). The number of amides is 1. The van der Waals surface area contributed by atoms with Crippen molar-refractivity contribution in [1.82, 2.24) is 9.88 Å². The maximum absolute atomic E-state index is 12.6. The number of para-hydroxylation sites is 1. The molecule has 0 saturated carbocycles.